The Morgan fingerprint density at radius 1 is 1.17 bits per heavy atom. The normalized spacial score (nSPS) is 12.7. The van der Waals surface area contributed by atoms with Crippen LogP contribution in [0.25, 0.3) is 0 Å². The predicted octanol–water partition coefficient (Wildman–Crippen LogP) is 3.62. The first-order valence-corrected chi connectivity index (χ1v) is 7.09. The second-order valence-electron chi connectivity index (χ2n) is 4.99. The Morgan fingerprint density at radius 3 is 2.28 bits per heavy atom. The molecule has 2 nitrogen and oxygen atoms in total. The van der Waals surface area contributed by atoms with E-state index in [4.69, 9.17) is 5.73 Å². The predicted molar refractivity (Wildman–Crippen MR) is 78.1 cm³/mol. The van der Waals surface area contributed by atoms with E-state index in [2.05, 4.69) is 37.9 Å². The number of rotatable bonds is 3. The molecular formula is C15H20N2S. The van der Waals surface area contributed by atoms with Crippen LogP contribution in [-0.4, -0.2) is 4.98 Å². The lowest BCUT2D eigenvalue weighted by Gasteiger charge is -2.16. The summed E-state index contributed by atoms with van der Waals surface area (Å²) in [6.07, 6.45) is 0.890. The molecule has 1 heterocycles. The highest BCUT2D eigenvalue weighted by atomic mass is 32.1. The number of hydrogen-bond donors (Lipinski definition) is 1. The fraction of sp³-hybridized carbons (Fsp3) is 0.400. The van der Waals surface area contributed by atoms with E-state index in [-0.39, 0.29) is 6.04 Å². The highest BCUT2D eigenvalue weighted by Crippen LogP contribution is 2.26. The van der Waals surface area contributed by atoms with Crippen molar-refractivity contribution in [1.82, 2.24) is 4.98 Å². The summed E-state index contributed by atoms with van der Waals surface area (Å²) in [6, 6.07) is 4.51. The van der Waals surface area contributed by atoms with Gasteiger partial charge in [0.1, 0.15) is 0 Å². The zero-order chi connectivity index (χ0) is 13.3. The van der Waals surface area contributed by atoms with Crippen LogP contribution in [0, 0.1) is 27.7 Å². The van der Waals surface area contributed by atoms with E-state index in [1.807, 2.05) is 12.4 Å². The van der Waals surface area contributed by atoms with Crippen molar-refractivity contribution in [2.24, 2.45) is 5.73 Å². The summed E-state index contributed by atoms with van der Waals surface area (Å²) in [7, 11) is 0. The molecule has 18 heavy (non-hydrogen) atoms. The molecule has 0 radical (unpaired) electrons. The molecule has 0 aliphatic rings. The third kappa shape index (κ3) is 2.62. The van der Waals surface area contributed by atoms with E-state index in [1.54, 1.807) is 11.3 Å². The summed E-state index contributed by atoms with van der Waals surface area (Å²) in [5, 5.41) is 0. The molecule has 0 bridgehead atoms. The van der Waals surface area contributed by atoms with Crippen LogP contribution in [-0.2, 0) is 6.42 Å². The molecule has 0 aliphatic heterocycles. The van der Waals surface area contributed by atoms with Crippen molar-refractivity contribution in [1.29, 1.82) is 0 Å². The molecule has 2 aromatic rings. The molecule has 1 aromatic carbocycles. The van der Waals surface area contributed by atoms with Crippen LogP contribution < -0.4 is 5.73 Å². The molecule has 2 N–H and O–H groups in total. The number of thiazole rings is 1. The summed E-state index contributed by atoms with van der Waals surface area (Å²) in [6.45, 7) is 8.50. The molecule has 3 heteroatoms. The Labute approximate surface area is 113 Å². The molecule has 0 amide bonds. The minimum Gasteiger partial charge on any atom is -0.323 e. The largest absolute Gasteiger partial charge is 0.323 e. The van der Waals surface area contributed by atoms with Crippen LogP contribution in [0.1, 0.15) is 38.9 Å². The zero-order valence-corrected chi connectivity index (χ0v) is 12.3. The van der Waals surface area contributed by atoms with Gasteiger partial charge in [-0.1, -0.05) is 17.7 Å². The van der Waals surface area contributed by atoms with Gasteiger partial charge in [0, 0.05) is 10.9 Å². The molecule has 0 saturated carbocycles. The quantitative estimate of drug-likeness (QED) is 0.915. The summed E-state index contributed by atoms with van der Waals surface area (Å²) < 4.78 is 0. The van der Waals surface area contributed by atoms with Crippen molar-refractivity contribution in [2.45, 2.75) is 40.2 Å². The maximum atomic E-state index is 6.32. The molecular weight excluding hydrogens is 240 g/mol. The monoisotopic (exact) mass is 260 g/mol. The van der Waals surface area contributed by atoms with Crippen LogP contribution in [0.4, 0.5) is 0 Å². The van der Waals surface area contributed by atoms with E-state index in [1.165, 1.54) is 27.1 Å². The average Bonchev–Trinajstić information content (AvgIpc) is 2.69. The highest BCUT2D eigenvalue weighted by molar-refractivity contribution is 7.09. The molecule has 1 atom stereocenters. The van der Waals surface area contributed by atoms with Gasteiger partial charge in [-0.3, -0.25) is 0 Å². The maximum Gasteiger partial charge on any atom is 0.0798 e. The highest BCUT2D eigenvalue weighted by Gasteiger charge is 2.14. The van der Waals surface area contributed by atoms with Crippen molar-refractivity contribution >= 4 is 11.3 Å². The second kappa shape index (κ2) is 5.21. The second-order valence-corrected chi connectivity index (χ2v) is 5.88. The number of benzene rings is 1. The van der Waals surface area contributed by atoms with Crippen LogP contribution in [0.5, 0.6) is 0 Å². The van der Waals surface area contributed by atoms with E-state index < -0.39 is 0 Å². The van der Waals surface area contributed by atoms with Gasteiger partial charge in [-0.25, -0.2) is 4.98 Å². The number of aryl methyl sites for hydroxylation is 4. The van der Waals surface area contributed by atoms with Crippen molar-refractivity contribution in [3.05, 3.63) is 50.5 Å². The summed E-state index contributed by atoms with van der Waals surface area (Å²) in [5.74, 6) is 0. The molecule has 2 rings (SSSR count). The zero-order valence-electron chi connectivity index (χ0n) is 11.4. The maximum absolute atomic E-state index is 6.32. The van der Waals surface area contributed by atoms with Crippen LogP contribution in [0.15, 0.2) is 17.6 Å². The average molecular weight is 260 g/mol. The first kappa shape index (κ1) is 13.2. The molecule has 1 unspecified atom stereocenters. The molecule has 96 valence electrons. The van der Waals surface area contributed by atoms with Gasteiger partial charge in [0.05, 0.1) is 11.2 Å². The first-order chi connectivity index (χ1) is 8.49. The Balaban J connectivity index is 2.27. The molecule has 0 fully saturated rings. The number of nitrogens with two attached hydrogens (primary N) is 1. The third-order valence-electron chi connectivity index (χ3n) is 3.38. The minimum absolute atomic E-state index is 0.0533. The van der Waals surface area contributed by atoms with Crippen molar-refractivity contribution in [2.75, 3.05) is 0 Å². The number of aromatic nitrogens is 1. The number of nitrogens with zero attached hydrogens (tertiary/aromatic N) is 1. The fourth-order valence-corrected chi connectivity index (χ4v) is 3.32. The standard InChI is InChI=1S/C15H20N2S/c1-9-5-10(2)13(11(3)6-9)7-14(16)15-12(4)17-8-18-15/h5-6,8,14H,7,16H2,1-4H3. The lowest BCUT2D eigenvalue weighted by Crippen LogP contribution is -2.14. The van der Waals surface area contributed by atoms with Crippen LogP contribution >= 0.6 is 11.3 Å². The molecule has 0 spiro atoms. The van der Waals surface area contributed by atoms with Gasteiger partial charge in [0.2, 0.25) is 0 Å². The van der Waals surface area contributed by atoms with E-state index in [0.29, 0.717) is 0 Å². The van der Waals surface area contributed by atoms with Crippen LogP contribution in [0.3, 0.4) is 0 Å². The summed E-state index contributed by atoms with van der Waals surface area (Å²) in [5.41, 5.74) is 14.6. The van der Waals surface area contributed by atoms with Gasteiger partial charge in [0.25, 0.3) is 0 Å². The summed E-state index contributed by atoms with van der Waals surface area (Å²) in [4.78, 5) is 5.48. The fourth-order valence-electron chi connectivity index (χ4n) is 2.51. The van der Waals surface area contributed by atoms with E-state index in [9.17, 15) is 0 Å². The SMILES string of the molecule is Cc1cc(C)c(CC(N)c2scnc2C)c(C)c1. The van der Waals surface area contributed by atoms with Gasteiger partial charge < -0.3 is 5.73 Å². The first-order valence-electron chi connectivity index (χ1n) is 6.21. The topological polar surface area (TPSA) is 38.9 Å². The smallest absolute Gasteiger partial charge is 0.0798 e. The third-order valence-corrected chi connectivity index (χ3v) is 4.45. The van der Waals surface area contributed by atoms with Crippen molar-refractivity contribution in [3.8, 4) is 0 Å². The van der Waals surface area contributed by atoms with Crippen LogP contribution in [0.2, 0.25) is 0 Å². The Hall–Kier alpha value is -1.19. The minimum atomic E-state index is 0.0533. The van der Waals surface area contributed by atoms with Gasteiger partial charge >= 0.3 is 0 Å². The Kier molecular flexibility index (Phi) is 3.83. The molecule has 1 aromatic heterocycles. The molecule has 0 aliphatic carbocycles. The van der Waals surface area contributed by atoms with Gasteiger partial charge in [-0.2, -0.15) is 0 Å². The van der Waals surface area contributed by atoms with Crippen molar-refractivity contribution < 1.29 is 0 Å². The van der Waals surface area contributed by atoms with Gasteiger partial charge in [0.15, 0.2) is 0 Å². The lowest BCUT2D eigenvalue weighted by atomic mass is 9.94. The van der Waals surface area contributed by atoms with Gasteiger partial charge in [-0.15, -0.1) is 11.3 Å². The van der Waals surface area contributed by atoms with E-state index >= 15 is 0 Å². The Morgan fingerprint density at radius 2 is 1.78 bits per heavy atom. The lowest BCUT2D eigenvalue weighted by molar-refractivity contribution is 0.722. The number of hydrogen-bond acceptors (Lipinski definition) is 3. The summed E-state index contributed by atoms with van der Waals surface area (Å²) >= 11 is 1.66. The van der Waals surface area contributed by atoms with E-state index in [0.717, 1.165) is 12.1 Å². The Bertz CT molecular complexity index is 534. The van der Waals surface area contributed by atoms with Gasteiger partial charge in [-0.05, 0) is 50.8 Å². The molecule has 0 saturated heterocycles. The van der Waals surface area contributed by atoms with Crippen molar-refractivity contribution in [3.63, 3.8) is 0 Å².